The molecule has 26 heavy (non-hydrogen) atoms. The van der Waals surface area contributed by atoms with Crippen molar-refractivity contribution in [2.75, 3.05) is 0 Å². The Morgan fingerprint density at radius 3 is 1.85 bits per heavy atom. The van der Waals surface area contributed by atoms with Crippen molar-refractivity contribution in [2.45, 2.75) is 108 Å². The maximum Gasteiger partial charge on any atom is 0.476 e. The second kappa shape index (κ2) is 9.98. The van der Waals surface area contributed by atoms with Gasteiger partial charge in [-0.15, -0.1) is 11.6 Å². The van der Waals surface area contributed by atoms with Crippen LogP contribution in [0.1, 0.15) is 90.9 Å². The molecule has 2 aliphatic carbocycles. The molecule has 1 heterocycles. The molecule has 0 spiro atoms. The van der Waals surface area contributed by atoms with Crippen LogP contribution < -0.4 is 0 Å². The maximum atomic E-state index is 6.80. The predicted octanol–water partition coefficient (Wildman–Crippen LogP) is 6.56. The number of rotatable bonds is 7. The van der Waals surface area contributed by atoms with Crippen molar-refractivity contribution in [3.63, 3.8) is 0 Å². The second-order valence-corrected chi connectivity index (χ2v) is 9.59. The van der Waals surface area contributed by atoms with Gasteiger partial charge in [0.05, 0.1) is 17.5 Å². The van der Waals surface area contributed by atoms with Gasteiger partial charge in [0.25, 0.3) is 0 Å². The van der Waals surface area contributed by atoms with E-state index in [9.17, 15) is 0 Å². The van der Waals surface area contributed by atoms with E-state index < -0.39 is 0 Å². The summed E-state index contributed by atoms with van der Waals surface area (Å²) in [6.45, 7) is 8.59. The molecule has 0 bridgehead atoms. The van der Waals surface area contributed by atoms with Crippen LogP contribution in [0, 0.1) is 17.8 Å². The van der Waals surface area contributed by atoms with Crippen LogP contribution in [-0.4, -0.2) is 24.6 Å². The molecule has 0 N–H and O–H groups in total. The monoisotopic (exact) mass is 380 g/mol. The standard InChI is InChI=1S/C22H38BClO2/c1-4-16(2)17(3)15-20(24)23-25-21(18-11-7-5-8-12-18)22(26-23)19-13-9-6-10-14-19/h17-22H,2,4-15H2,1,3H3/t17-,20+,21+,22+/m0/s1. The Balaban J connectivity index is 1.65. The van der Waals surface area contributed by atoms with E-state index in [4.69, 9.17) is 20.9 Å². The Kier molecular flexibility index (Phi) is 7.96. The summed E-state index contributed by atoms with van der Waals surface area (Å²) in [7, 11) is -0.234. The van der Waals surface area contributed by atoms with Gasteiger partial charge in [-0.05, 0) is 56.3 Å². The van der Waals surface area contributed by atoms with Crippen molar-refractivity contribution in [3.05, 3.63) is 12.2 Å². The van der Waals surface area contributed by atoms with Crippen molar-refractivity contribution in [1.29, 1.82) is 0 Å². The third kappa shape index (κ3) is 5.09. The van der Waals surface area contributed by atoms with Crippen molar-refractivity contribution >= 4 is 18.7 Å². The van der Waals surface area contributed by atoms with Crippen molar-refractivity contribution in [3.8, 4) is 0 Å². The fourth-order valence-corrected chi connectivity index (χ4v) is 5.70. The first-order valence-electron chi connectivity index (χ1n) is 11.2. The number of allylic oxidation sites excluding steroid dienone is 1. The molecule has 0 aromatic heterocycles. The summed E-state index contributed by atoms with van der Waals surface area (Å²) < 4.78 is 13.1. The van der Waals surface area contributed by atoms with Gasteiger partial charge in [-0.3, -0.25) is 0 Å². The van der Waals surface area contributed by atoms with Gasteiger partial charge in [0, 0.05) is 0 Å². The van der Waals surface area contributed by atoms with E-state index in [0.29, 0.717) is 17.8 Å². The molecule has 0 amide bonds. The molecule has 0 aromatic carbocycles. The van der Waals surface area contributed by atoms with Crippen LogP contribution in [0.15, 0.2) is 12.2 Å². The summed E-state index contributed by atoms with van der Waals surface area (Å²) in [6, 6.07) is 0. The zero-order valence-corrected chi connectivity index (χ0v) is 17.7. The molecule has 4 atom stereocenters. The summed E-state index contributed by atoms with van der Waals surface area (Å²) in [5.41, 5.74) is 1.28. The predicted molar refractivity (Wildman–Crippen MR) is 112 cm³/mol. The number of halogens is 1. The van der Waals surface area contributed by atoms with Gasteiger partial charge >= 0.3 is 7.12 Å². The fraction of sp³-hybridized carbons (Fsp3) is 0.909. The van der Waals surface area contributed by atoms with Crippen LogP contribution in [0.4, 0.5) is 0 Å². The zero-order chi connectivity index (χ0) is 18.5. The molecule has 0 unspecified atom stereocenters. The first kappa shape index (κ1) is 20.7. The van der Waals surface area contributed by atoms with Crippen LogP contribution in [0.5, 0.6) is 0 Å². The van der Waals surface area contributed by atoms with Gasteiger partial charge < -0.3 is 9.31 Å². The van der Waals surface area contributed by atoms with Crippen LogP contribution in [0.3, 0.4) is 0 Å². The van der Waals surface area contributed by atoms with Gasteiger partial charge in [-0.1, -0.05) is 64.5 Å². The normalized spacial score (nSPS) is 31.1. The van der Waals surface area contributed by atoms with E-state index in [1.165, 1.54) is 69.8 Å². The molecule has 0 radical (unpaired) electrons. The Morgan fingerprint density at radius 2 is 1.42 bits per heavy atom. The molecule has 0 aromatic rings. The van der Waals surface area contributed by atoms with E-state index in [2.05, 4.69) is 20.4 Å². The molecule has 3 rings (SSSR count). The lowest BCUT2D eigenvalue weighted by Crippen LogP contribution is -2.38. The highest BCUT2D eigenvalue weighted by Gasteiger charge is 2.49. The maximum absolute atomic E-state index is 6.80. The molecule has 2 nitrogen and oxygen atoms in total. The van der Waals surface area contributed by atoms with Crippen LogP contribution in [0.25, 0.3) is 0 Å². The minimum atomic E-state index is -0.234. The molecule has 3 aliphatic rings. The highest BCUT2D eigenvalue weighted by atomic mass is 35.5. The highest BCUT2D eigenvalue weighted by molar-refractivity contribution is 6.59. The van der Waals surface area contributed by atoms with Crippen LogP contribution >= 0.6 is 11.6 Å². The lowest BCUT2D eigenvalue weighted by molar-refractivity contribution is 0.0324. The Bertz CT molecular complexity index is 419. The van der Waals surface area contributed by atoms with Gasteiger partial charge in [0.15, 0.2) is 0 Å². The SMILES string of the molecule is C=C(CC)[C@@H](C)C[C@@H](Cl)B1O[C@H](C2CCCCC2)[C@@H](C2CCCCC2)O1. The topological polar surface area (TPSA) is 18.5 Å². The van der Waals surface area contributed by atoms with Crippen molar-refractivity contribution in [2.24, 2.45) is 17.8 Å². The molecular weight excluding hydrogens is 343 g/mol. The summed E-state index contributed by atoms with van der Waals surface area (Å²) in [5.74, 6) is 1.77. The van der Waals surface area contributed by atoms with E-state index in [0.717, 1.165) is 12.8 Å². The molecule has 1 saturated heterocycles. The zero-order valence-electron chi connectivity index (χ0n) is 16.9. The van der Waals surface area contributed by atoms with Crippen molar-refractivity contribution < 1.29 is 9.31 Å². The second-order valence-electron chi connectivity index (χ2n) is 9.03. The molecule has 3 fully saturated rings. The minimum absolute atomic E-state index is 0.0759. The summed E-state index contributed by atoms with van der Waals surface area (Å²) in [6.07, 6.45) is 15.9. The van der Waals surface area contributed by atoms with Crippen molar-refractivity contribution in [1.82, 2.24) is 0 Å². The number of hydrogen-bond donors (Lipinski definition) is 0. The average molecular weight is 381 g/mol. The third-order valence-electron chi connectivity index (χ3n) is 7.16. The molecule has 148 valence electrons. The van der Waals surface area contributed by atoms with Crippen LogP contribution in [0.2, 0.25) is 0 Å². The fourth-order valence-electron chi connectivity index (χ4n) is 5.32. The Hall–Kier alpha value is 0.0149. The number of hydrogen-bond acceptors (Lipinski definition) is 2. The van der Waals surface area contributed by atoms with E-state index >= 15 is 0 Å². The molecule has 1 aliphatic heterocycles. The molecular formula is C22H38BClO2. The quantitative estimate of drug-likeness (QED) is 0.283. The smallest absolute Gasteiger partial charge is 0.404 e. The summed E-state index contributed by atoms with van der Waals surface area (Å²) >= 11 is 6.80. The first-order valence-corrected chi connectivity index (χ1v) is 11.7. The third-order valence-corrected chi connectivity index (χ3v) is 7.54. The first-order chi connectivity index (χ1) is 12.6. The Morgan fingerprint density at radius 1 is 0.962 bits per heavy atom. The lowest BCUT2D eigenvalue weighted by Gasteiger charge is -2.35. The highest BCUT2D eigenvalue weighted by Crippen LogP contribution is 2.41. The van der Waals surface area contributed by atoms with Gasteiger partial charge in [0.2, 0.25) is 0 Å². The van der Waals surface area contributed by atoms with Gasteiger partial charge in [0.1, 0.15) is 0 Å². The van der Waals surface area contributed by atoms with Crippen LogP contribution in [-0.2, 0) is 9.31 Å². The molecule has 4 heteroatoms. The lowest BCUT2D eigenvalue weighted by atomic mass is 9.77. The minimum Gasteiger partial charge on any atom is -0.404 e. The Labute approximate surface area is 166 Å². The molecule has 2 saturated carbocycles. The van der Waals surface area contributed by atoms with E-state index in [-0.39, 0.29) is 24.6 Å². The van der Waals surface area contributed by atoms with E-state index in [1.807, 2.05) is 0 Å². The average Bonchev–Trinajstić information content (AvgIpc) is 3.14. The van der Waals surface area contributed by atoms with Gasteiger partial charge in [-0.2, -0.15) is 0 Å². The number of alkyl halides is 1. The summed E-state index contributed by atoms with van der Waals surface area (Å²) in [4.78, 5) is 0. The van der Waals surface area contributed by atoms with Gasteiger partial charge in [-0.25, -0.2) is 0 Å². The summed E-state index contributed by atoms with van der Waals surface area (Å²) in [5, 5.41) is -0.0759. The van der Waals surface area contributed by atoms with E-state index in [1.54, 1.807) is 0 Å². The largest absolute Gasteiger partial charge is 0.476 e.